The predicted molar refractivity (Wildman–Crippen MR) is 59.9 cm³/mol. The van der Waals surface area contributed by atoms with E-state index in [-0.39, 0.29) is 6.04 Å². The summed E-state index contributed by atoms with van der Waals surface area (Å²) in [5.41, 5.74) is 0. The number of carboxylic acid groups (broad SMARTS) is 1. The summed E-state index contributed by atoms with van der Waals surface area (Å²) in [5, 5.41) is 12.2. The molecule has 14 heavy (non-hydrogen) atoms. The Hall–Kier alpha value is -0.250. The molecule has 2 N–H and O–H groups in total. The number of halogens is 1. The second kappa shape index (κ2) is 6.27. The van der Waals surface area contributed by atoms with Crippen LogP contribution in [0.25, 0.3) is 0 Å². The molecule has 1 aliphatic rings. The zero-order valence-corrected chi connectivity index (χ0v) is 9.92. The van der Waals surface area contributed by atoms with Crippen LogP contribution >= 0.6 is 15.9 Å². The Bertz CT molecular complexity index is 179. The minimum atomic E-state index is -0.881. The van der Waals surface area contributed by atoms with E-state index >= 15 is 0 Å². The Labute approximate surface area is 93.4 Å². The maximum absolute atomic E-state index is 10.4. The highest BCUT2D eigenvalue weighted by molar-refractivity contribution is 9.09. The number of amides is 1. The summed E-state index contributed by atoms with van der Waals surface area (Å²) in [6, 6.07) is 0.202. The Morgan fingerprint density at radius 3 is 2.50 bits per heavy atom. The minimum absolute atomic E-state index is 0.202. The van der Waals surface area contributed by atoms with Crippen molar-refractivity contribution in [1.82, 2.24) is 5.32 Å². The number of carbonyl (C=O) groups is 1. The lowest BCUT2D eigenvalue weighted by atomic mass is 9.83. The van der Waals surface area contributed by atoms with Gasteiger partial charge in [0.05, 0.1) is 0 Å². The quantitative estimate of drug-likeness (QED) is 0.767. The fourth-order valence-electron chi connectivity index (χ4n) is 2.14. The van der Waals surface area contributed by atoms with E-state index in [0.29, 0.717) is 0 Å². The molecule has 3 nitrogen and oxygen atoms in total. The lowest BCUT2D eigenvalue weighted by Crippen LogP contribution is -2.36. The molecule has 0 aliphatic heterocycles. The van der Waals surface area contributed by atoms with Crippen molar-refractivity contribution in [2.45, 2.75) is 44.6 Å². The Morgan fingerprint density at radius 2 is 2.00 bits per heavy atom. The monoisotopic (exact) mass is 263 g/mol. The minimum Gasteiger partial charge on any atom is -0.465 e. The third-order valence-corrected chi connectivity index (χ3v) is 3.48. The average molecular weight is 264 g/mol. The summed E-state index contributed by atoms with van der Waals surface area (Å²) in [6.45, 7) is 0. The summed E-state index contributed by atoms with van der Waals surface area (Å²) in [4.78, 5) is 10.4. The third kappa shape index (κ3) is 4.31. The van der Waals surface area contributed by atoms with Crippen LogP contribution in [-0.4, -0.2) is 22.6 Å². The van der Waals surface area contributed by atoms with Gasteiger partial charge in [0.15, 0.2) is 0 Å². The van der Waals surface area contributed by atoms with Crippen molar-refractivity contribution >= 4 is 22.0 Å². The molecule has 0 radical (unpaired) electrons. The van der Waals surface area contributed by atoms with Crippen molar-refractivity contribution in [1.29, 1.82) is 0 Å². The SMILES string of the molecule is O=C(O)NC1CCC(CCCBr)CC1. The van der Waals surface area contributed by atoms with Gasteiger partial charge in [0.1, 0.15) is 0 Å². The molecule has 1 fully saturated rings. The molecule has 0 atom stereocenters. The Balaban J connectivity index is 2.14. The van der Waals surface area contributed by atoms with Gasteiger partial charge in [-0.2, -0.15) is 0 Å². The molecule has 1 rings (SSSR count). The van der Waals surface area contributed by atoms with Crippen molar-refractivity contribution in [2.75, 3.05) is 5.33 Å². The summed E-state index contributed by atoms with van der Waals surface area (Å²) in [7, 11) is 0. The topological polar surface area (TPSA) is 49.3 Å². The number of alkyl halides is 1. The van der Waals surface area contributed by atoms with Crippen LogP contribution in [-0.2, 0) is 0 Å². The van der Waals surface area contributed by atoms with E-state index in [4.69, 9.17) is 5.11 Å². The van der Waals surface area contributed by atoms with E-state index in [0.717, 1.165) is 24.1 Å². The van der Waals surface area contributed by atoms with Gasteiger partial charge < -0.3 is 10.4 Å². The van der Waals surface area contributed by atoms with E-state index in [1.807, 2.05) is 0 Å². The maximum Gasteiger partial charge on any atom is 0.404 e. The van der Waals surface area contributed by atoms with E-state index in [9.17, 15) is 4.79 Å². The predicted octanol–water partition coefficient (Wildman–Crippen LogP) is 2.99. The average Bonchev–Trinajstić information content (AvgIpc) is 2.16. The van der Waals surface area contributed by atoms with Crippen LogP contribution in [0.5, 0.6) is 0 Å². The first-order chi connectivity index (χ1) is 6.72. The standard InChI is InChI=1S/C10H18BrNO2/c11-7-1-2-8-3-5-9(6-4-8)12-10(13)14/h8-9,12H,1-7H2,(H,13,14). The Kier molecular flexibility index (Phi) is 5.30. The van der Waals surface area contributed by atoms with Gasteiger partial charge in [0, 0.05) is 11.4 Å². The van der Waals surface area contributed by atoms with Crippen molar-refractivity contribution in [2.24, 2.45) is 5.92 Å². The van der Waals surface area contributed by atoms with Gasteiger partial charge in [-0.25, -0.2) is 4.79 Å². The van der Waals surface area contributed by atoms with Gasteiger partial charge in [0.25, 0.3) is 0 Å². The molecule has 1 amide bonds. The lowest BCUT2D eigenvalue weighted by molar-refractivity contribution is 0.181. The van der Waals surface area contributed by atoms with Gasteiger partial charge in [-0.15, -0.1) is 0 Å². The number of hydrogen-bond donors (Lipinski definition) is 2. The van der Waals surface area contributed by atoms with Crippen LogP contribution in [0, 0.1) is 5.92 Å². The van der Waals surface area contributed by atoms with Crippen molar-refractivity contribution in [3.05, 3.63) is 0 Å². The zero-order valence-electron chi connectivity index (χ0n) is 8.34. The normalized spacial score (nSPS) is 27.2. The molecule has 0 saturated heterocycles. The fraction of sp³-hybridized carbons (Fsp3) is 0.900. The van der Waals surface area contributed by atoms with Crippen molar-refractivity contribution in [3.8, 4) is 0 Å². The Morgan fingerprint density at radius 1 is 1.36 bits per heavy atom. The molecule has 82 valence electrons. The number of hydrogen-bond acceptors (Lipinski definition) is 1. The fourth-order valence-corrected chi connectivity index (χ4v) is 2.46. The molecule has 0 aromatic rings. The molecule has 1 saturated carbocycles. The lowest BCUT2D eigenvalue weighted by Gasteiger charge is -2.28. The first-order valence-corrected chi connectivity index (χ1v) is 6.40. The van der Waals surface area contributed by atoms with Crippen LogP contribution in [0.3, 0.4) is 0 Å². The van der Waals surface area contributed by atoms with E-state index < -0.39 is 6.09 Å². The van der Waals surface area contributed by atoms with Gasteiger partial charge >= 0.3 is 6.09 Å². The van der Waals surface area contributed by atoms with Crippen LogP contribution in [0.4, 0.5) is 4.79 Å². The van der Waals surface area contributed by atoms with Gasteiger partial charge in [0.2, 0.25) is 0 Å². The van der Waals surface area contributed by atoms with E-state index in [1.54, 1.807) is 0 Å². The van der Waals surface area contributed by atoms with Crippen molar-refractivity contribution < 1.29 is 9.90 Å². The summed E-state index contributed by atoms with van der Waals surface area (Å²) >= 11 is 3.43. The molecule has 0 unspecified atom stereocenters. The number of rotatable bonds is 4. The molecule has 0 bridgehead atoms. The van der Waals surface area contributed by atoms with Gasteiger partial charge in [-0.05, 0) is 44.4 Å². The maximum atomic E-state index is 10.4. The van der Waals surface area contributed by atoms with Crippen molar-refractivity contribution in [3.63, 3.8) is 0 Å². The molecule has 4 heteroatoms. The van der Waals surface area contributed by atoms with Gasteiger partial charge in [-0.3, -0.25) is 0 Å². The second-order valence-corrected chi connectivity index (χ2v) is 4.79. The summed E-state index contributed by atoms with van der Waals surface area (Å²) in [6.07, 6.45) is 6.02. The molecular formula is C10H18BrNO2. The molecular weight excluding hydrogens is 246 g/mol. The van der Waals surface area contributed by atoms with E-state index in [1.165, 1.54) is 25.7 Å². The first kappa shape index (κ1) is 11.8. The van der Waals surface area contributed by atoms with Gasteiger partial charge in [-0.1, -0.05) is 15.9 Å². The third-order valence-electron chi connectivity index (χ3n) is 2.92. The summed E-state index contributed by atoms with van der Waals surface area (Å²) in [5.74, 6) is 0.819. The molecule has 0 heterocycles. The largest absolute Gasteiger partial charge is 0.465 e. The first-order valence-electron chi connectivity index (χ1n) is 5.27. The molecule has 1 aliphatic carbocycles. The second-order valence-electron chi connectivity index (χ2n) is 4.00. The highest BCUT2D eigenvalue weighted by Crippen LogP contribution is 2.27. The highest BCUT2D eigenvalue weighted by Gasteiger charge is 2.21. The summed E-state index contributed by atoms with van der Waals surface area (Å²) < 4.78 is 0. The van der Waals surface area contributed by atoms with Crippen LogP contribution in [0.15, 0.2) is 0 Å². The van der Waals surface area contributed by atoms with Crippen LogP contribution in [0.2, 0.25) is 0 Å². The molecule has 0 aromatic heterocycles. The van der Waals surface area contributed by atoms with Crippen LogP contribution < -0.4 is 5.32 Å². The zero-order chi connectivity index (χ0) is 10.4. The number of nitrogens with one attached hydrogen (secondary N) is 1. The molecule has 0 spiro atoms. The highest BCUT2D eigenvalue weighted by atomic mass is 79.9. The van der Waals surface area contributed by atoms with Crippen LogP contribution in [0.1, 0.15) is 38.5 Å². The molecule has 0 aromatic carbocycles. The smallest absolute Gasteiger partial charge is 0.404 e. The van der Waals surface area contributed by atoms with E-state index in [2.05, 4.69) is 21.2 Å².